The molecule has 1 aliphatic rings. The van der Waals surface area contributed by atoms with Crippen LogP contribution in [0.4, 0.5) is 17.1 Å². The van der Waals surface area contributed by atoms with Crippen molar-refractivity contribution in [3.8, 4) is 0 Å². The molecule has 1 unspecified atom stereocenters. The van der Waals surface area contributed by atoms with Crippen LogP contribution in [0.2, 0.25) is 10.0 Å². The lowest BCUT2D eigenvalue weighted by Gasteiger charge is -2.17. The summed E-state index contributed by atoms with van der Waals surface area (Å²) in [6.45, 7) is 0.173. The molecule has 1 N–H and O–H groups in total. The highest BCUT2D eigenvalue weighted by Crippen LogP contribution is 2.31. The number of anilines is 2. The lowest BCUT2D eigenvalue weighted by molar-refractivity contribution is -0.383. The Morgan fingerprint density at radius 1 is 1.19 bits per heavy atom. The van der Waals surface area contributed by atoms with Crippen LogP contribution in [0.5, 0.6) is 0 Å². The zero-order valence-corrected chi connectivity index (χ0v) is 14.8. The Kier molecular flexibility index (Phi) is 5.11. The molecule has 134 valence electrons. The van der Waals surface area contributed by atoms with E-state index in [0.29, 0.717) is 10.7 Å². The molecule has 1 saturated heterocycles. The first kappa shape index (κ1) is 18.2. The fourth-order valence-electron chi connectivity index (χ4n) is 2.77. The molecule has 0 spiro atoms. The quantitative estimate of drug-likeness (QED) is 0.629. The predicted molar refractivity (Wildman–Crippen MR) is 98.6 cm³/mol. The zero-order chi connectivity index (χ0) is 18.8. The van der Waals surface area contributed by atoms with Gasteiger partial charge >= 0.3 is 0 Å². The van der Waals surface area contributed by atoms with Crippen LogP contribution < -0.4 is 10.2 Å². The van der Waals surface area contributed by atoms with Crippen molar-refractivity contribution in [2.24, 2.45) is 5.92 Å². The van der Waals surface area contributed by atoms with Crippen LogP contribution in [0.1, 0.15) is 6.42 Å². The van der Waals surface area contributed by atoms with Gasteiger partial charge in [-0.15, -0.1) is 0 Å². The first-order valence-corrected chi connectivity index (χ1v) is 8.41. The van der Waals surface area contributed by atoms with Crippen LogP contribution in [0, 0.1) is 16.0 Å². The van der Waals surface area contributed by atoms with E-state index in [4.69, 9.17) is 23.2 Å². The topological polar surface area (TPSA) is 92.5 Å². The average Bonchev–Trinajstić information content (AvgIpc) is 2.98. The minimum absolute atomic E-state index is 0.0136. The van der Waals surface area contributed by atoms with Crippen LogP contribution in [0.15, 0.2) is 42.5 Å². The van der Waals surface area contributed by atoms with Crippen molar-refractivity contribution in [3.05, 3.63) is 62.6 Å². The van der Waals surface area contributed by atoms with Gasteiger partial charge in [0.2, 0.25) is 11.8 Å². The summed E-state index contributed by atoms with van der Waals surface area (Å²) in [6, 6.07) is 10.8. The molecule has 7 nitrogen and oxygen atoms in total. The van der Waals surface area contributed by atoms with Crippen molar-refractivity contribution in [3.63, 3.8) is 0 Å². The van der Waals surface area contributed by atoms with Crippen molar-refractivity contribution in [1.82, 2.24) is 0 Å². The van der Waals surface area contributed by atoms with E-state index in [0.717, 1.165) is 6.07 Å². The Morgan fingerprint density at radius 2 is 1.92 bits per heavy atom. The van der Waals surface area contributed by atoms with Gasteiger partial charge in [-0.05, 0) is 30.3 Å². The van der Waals surface area contributed by atoms with Crippen LogP contribution in [-0.2, 0) is 9.59 Å². The molecule has 0 saturated carbocycles. The van der Waals surface area contributed by atoms with Gasteiger partial charge in [0.25, 0.3) is 5.69 Å². The number of rotatable bonds is 4. The summed E-state index contributed by atoms with van der Waals surface area (Å²) >= 11 is 11.7. The van der Waals surface area contributed by atoms with E-state index in [1.54, 1.807) is 24.3 Å². The third-order valence-electron chi connectivity index (χ3n) is 4.03. The Hall–Kier alpha value is -2.64. The molecule has 0 aromatic heterocycles. The standard InChI is InChI=1S/C17H13Cl2N3O4/c18-11-2-1-3-13(7-11)21-9-10(6-16(21)23)17(24)20-14-5-4-12(19)8-15(14)22(25)26/h1-5,7-8,10H,6,9H2,(H,20,24). The van der Waals surface area contributed by atoms with Gasteiger partial charge < -0.3 is 10.2 Å². The lowest BCUT2D eigenvalue weighted by atomic mass is 10.1. The molecule has 1 atom stereocenters. The first-order valence-electron chi connectivity index (χ1n) is 7.66. The van der Waals surface area contributed by atoms with Crippen molar-refractivity contribution in [2.75, 3.05) is 16.8 Å². The highest BCUT2D eigenvalue weighted by Gasteiger charge is 2.35. The summed E-state index contributed by atoms with van der Waals surface area (Å²) in [5, 5.41) is 14.3. The van der Waals surface area contributed by atoms with Gasteiger partial charge in [-0.3, -0.25) is 19.7 Å². The third kappa shape index (κ3) is 3.79. The van der Waals surface area contributed by atoms with Gasteiger partial charge in [0, 0.05) is 34.8 Å². The molecular formula is C17H13Cl2N3O4. The molecule has 1 fully saturated rings. The second kappa shape index (κ2) is 7.31. The Morgan fingerprint density at radius 3 is 2.62 bits per heavy atom. The van der Waals surface area contributed by atoms with Crippen LogP contribution in [0.3, 0.4) is 0 Å². The highest BCUT2D eigenvalue weighted by atomic mass is 35.5. The number of nitrogens with one attached hydrogen (secondary N) is 1. The van der Waals surface area contributed by atoms with E-state index in [2.05, 4.69) is 5.32 Å². The molecule has 0 aliphatic carbocycles. The minimum atomic E-state index is -0.628. The molecule has 2 aromatic carbocycles. The number of halogens is 2. The van der Waals surface area contributed by atoms with Crippen molar-refractivity contribution in [2.45, 2.75) is 6.42 Å². The number of nitro benzene ring substituents is 1. The Bertz CT molecular complexity index is 903. The number of hydrogen-bond acceptors (Lipinski definition) is 4. The largest absolute Gasteiger partial charge is 0.320 e. The van der Waals surface area contributed by atoms with Gasteiger partial charge in [-0.2, -0.15) is 0 Å². The van der Waals surface area contributed by atoms with Crippen molar-refractivity contribution < 1.29 is 14.5 Å². The minimum Gasteiger partial charge on any atom is -0.320 e. The van der Waals surface area contributed by atoms with Crippen molar-refractivity contribution in [1.29, 1.82) is 0 Å². The summed E-state index contributed by atoms with van der Waals surface area (Å²) in [5.74, 6) is -1.30. The molecule has 3 rings (SSSR count). The van der Waals surface area contributed by atoms with E-state index < -0.39 is 16.7 Å². The van der Waals surface area contributed by atoms with Gasteiger partial charge in [0.05, 0.1) is 10.8 Å². The van der Waals surface area contributed by atoms with E-state index in [1.165, 1.54) is 17.0 Å². The van der Waals surface area contributed by atoms with E-state index in [-0.39, 0.29) is 35.3 Å². The molecule has 9 heteroatoms. The number of amides is 2. The number of carbonyl (C=O) groups is 2. The fraction of sp³-hybridized carbons (Fsp3) is 0.176. The first-order chi connectivity index (χ1) is 12.3. The summed E-state index contributed by atoms with van der Waals surface area (Å²) < 4.78 is 0. The molecule has 0 radical (unpaired) electrons. The zero-order valence-electron chi connectivity index (χ0n) is 13.3. The average molecular weight is 394 g/mol. The van der Waals surface area contributed by atoms with Crippen LogP contribution in [-0.4, -0.2) is 23.3 Å². The molecule has 1 heterocycles. The van der Waals surface area contributed by atoms with Crippen molar-refractivity contribution >= 4 is 52.1 Å². The maximum Gasteiger partial charge on any atom is 0.294 e. The van der Waals surface area contributed by atoms with E-state index >= 15 is 0 Å². The lowest BCUT2D eigenvalue weighted by Crippen LogP contribution is -2.28. The van der Waals surface area contributed by atoms with E-state index in [9.17, 15) is 19.7 Å². The molecule has 2 aromatic rings. The smallest absolute Gasteiger partial charge is 0.294 e. The van der Waals surface area contributed by atoms with Crippen LogP contribution in [0.25, 0.3) is 0 Å². The summed E-state index contributed by atoms with van der Waals surface area (Å²) in [5.41, 5.74) is 0.343. The SMILES string of the molecule is O=C(Nc1ccc(Cl)cc1[N+](=O)[O-])C1CC(=O)N(c2cccc(Cl)c2)C1. The number of hydrogen-bond donors (Lipinski definition) is 1. The van der Waals surface area contributed by atoms with Crippen LogP contribution >= 0.6 is 23.2 Å². The Balaban J connectivity index is 1.76. The molecule has 2 amide bonds. The second-order valence-corrected chi connectivity index (χ2v) is 6.67. The molecule has 0 bridgehead atoms. The van der Waals surface area contributed by atoms with Gasteiger partial charge in [0.1, 0.15) is 5.69 Å². The molecule has 1 aliphatic heterocycles. The highest BCUT2D eigenvalue weighted by molar-refractivity contribution is 6.31. The number of nitro groups is 1. The van der Waals surface area contributed by atoms with Gasteiger partial charge in [-0.1, -0.05) is 29.3 Å². The Labute approximate surface area is 158 Å². The third-order valence-corrected chi connectivity index (χ3v) is 4.50. The molecular weight excluding hydrogens is 381 g/mol. The summed E-state index contributed by atoms with van der Waals surface area (Å²) in [6.07, 6.45) is 0.0136. The number of carbonyl (C=O) groups excluding carboxylic acids is 2. The summed E-state index contributed by atoms with van der Waals surface area (Å²) in [7, 11) is 0. The number of nitrogens with zero attached hydrogens (tertiary/aromatic N) is 2. The maximum atomic E-state index is 12.5. The number of benzene rings is 2. The fourth-order valence-corrected chi connectivity index (χ4v) is 3.12. The predicted octanol–water partition coefficient (Wildman–Crippen LogP) is 3.89. The van der Waals surface area contributed by atoms with Gasteiger partial charge in [0.15, 0.2) is 0 Å². The monoisotopic (exact) mass is 393 g/mol. The summed E-state index contributed by atoms with van der Waals surface area (Å²) in [4.78, 5) is 36.7. The van der Waals surface area contributed by atoms with Gasteiger partial charge in [-0.25, -0.2) is 0 Å². The normalized spacial score (nSPS) is 16.6. The molecule has 26 heavy (non-hydrogen) atoms. The van der Waals surface area contributed by atoms with E-state index in [1.807, 2.05) is 0 Å². The second-order valence-electron chi connectivity index (χ2n) is 5.79. The maximum absolute atomic E-state index is 12.5.